The van der Waals surface area contributed by atoms with Crippen molar-refractivity contribution in [2.45, 2.75) is 20.4 Å². The van der Waals surface area contributed by atoms with Crippen LogP contribution in [0.25, 0.3) is 11.1 Å². The first-order valence-electron chi connectivity index (χ1n) is 4.15. The minimum absolute atomic E-state index is 0.488. The normalized spacial score (nSPS) is 11.0. The van der Waals surface area contributed by atoms with Crippen molar-refractivity contribution < 1.29 is 4.52 Å². The molecule has 0 fully saturated rings. The van der Waals surface area contributed by atoms with Crippen LogP contribution in [0.15, 0.2) is 10.6 Å². The predicted molar refractivity (Wildman–Crippen MR) is 49.2 cm³/mol. The molecule has 2 aromatic heterocycles. The number of aromatic nitrogens is 2. The molecule has 0 aliphatic heterocycles. The Kier molecular flexibility index (Phi) is 1.77. The third-order valence-electron chi connectivity index (χ3n) is 2.05. The molecule has 4 nitrogen and oxygen atoms in total. The highest BCUT2D eigenvalue weighted by atomic mass is 16.5. The summed E-state index contributed by atoms with van der Waals surface area (Å²) in [5.74, 6) is 0. The number of fused-ring (bicyclic) bond motifs is 1. The monoisotopic (exact) mass is 177 g/mol. The highest BCUT2D eigenvalue weighted by Gasteiger charge is 2.10. The average molecular weight is 177 g/mol. The van der Waals surface area contributed by atoms with Crippen LogP contribution in [0.4, 0.5) is 0 Å². The van der Waals surface area contributed by atoms with E-state index in [4.69, 9.17) is 10.3 Å². The fourth-order valence-corrected chi connectivity index (χ4v) is 1.48. The molecule has 2 heterocycles. The van der Waals surface area contributed by atoms with Gasteiger partial charge in [-0.15, -0.1) is 0 Å². The second kappa shape index (κ2) is 2.81. The Morgan fingerprint density at radius 2 is 2.23 bits per heavy atom. The topological polar surface area (TPSA) is 64.9 Å². The first-order chi connectivity index (χ1) is 6.22. The number of aryl methyl sites for hydroxylation is 2. The molecule has 0 unspecified atom stereocenters. The minimum Gasteiger partial charge on any atom is -0.336 e. The maximum atomic E-state index is 5.62. The van der Waals surface area contributed by atoms with Gasteiger partial charge in [-0.05, 0) is 25.5 Å². The van der Waals surface area contributed by atoms with E-state index in [1.807, 2.05) is 19.9 Å². The van der Waals surface area contributed by atoms with Crippen LogP contribution in [0.2, 0.25) is 0 Å². The predicted octanol–water partition coefficient (Wildman–Crippen LogP) is 1.30. The third kappa shape index (κ3) is 1.19. The Balaban J connectivity index is 2.85. The lowest BCUT2D eigenvalue weighted by Gasteiger charge is -1.99. The van der Waals surface area contributed by atoms with Crippen LogP contribution >= 0.6 is 0 Å². The summed E-state index contributed by atoms with van der Waals surface area (Å²) in [5.41, 5.74) is 9.00. The van der Waals surface area contributed by atoms with E-state index in [-0.39, 0.29) is 0 Å². The molecule has 0 saturated carbocycles. The van der Waals surface area contributed by atoms with E-state index in [1.165, 1.54) is 0 Å². The van der Waals surface area contributed by atoms with Crippen LogP contribution in [0.1, 0.15) is 17.0 Å². The summed E-state index contributed by atoms with van der Waals surface area (Å²) in [4.78, 5) is 4.22. The van der Waals surface area contributed by atoms with Gasteiger partial charge in [0.1, 0.15) is 0 Å². The zero-order valence-electron chi connectivity index (χ0n) is 7.66. The quantitative estimate of drug-likeness (QED) is 0.713. The molecular formula is C9H11N3O. The molecule has 0 aliphatic carbocycles. The van der Waals surface area contributed by atoms with Crippen LogP contribution in [0.5, 0.6) is 0 Å². The molecule has 0 atom stereocenters. The van der Waals surface area contributed by atoms with Crippen LogP contribution in [-0.4, -0.2) is 10.1 Å². The van der Waals surface area contributed by atoms with Crippen molar-refractivity contribution in [2.24, 2.45) is 5.73 Å². The van der Waals surface area contributed by atoms with Crippen molar-refractivity contribution in [3.63, 3.8) is 0 Å². The molecule has 0 aliphatic rings. The van der Waals surface area contributed by atoms with E-state index in [0.717, 1.165) is 22.3 Å². The molecule has 0 saturated heterocycles. The summed E-state index contributed by atoms with van der Waals surface area (Å²) >= 11 is 0. The number of hydrogen-bond acceptors (Lipinski definition) is 4. The first kappa shape index (κ1) is 8.19. The Morgan fingerprint density at radius 1 is 1.46 bits per heavy atom. The Labute approximate surface area is 75.7 Å². The molecular weight excluding hydrogens is 166 g/mol. The zero-order valence-corrected chi connectivity index (χ0v) is 7.66. The summed E-state index contributed by atoms with van der Waals surface area (Å²) in [7, 11) is 0. The highest BCUT2D eigenvalue weighted by Crippen LogP contribution is 2.20. The maximum absolute atomic E-state index is 5.62. The van der Waals surface area contributed by atoms with Crippen molar-refractivity contribution >= 4 is 11.1 Å². The fraction of sp³-hybridized carbons (Fsp3) is 0.333. The SMILES string of the molecule is Cc1cc(CN)c2c(C)noc2n1. The minimum atomic E-state index is 0.488. The van der Waals surface area contributed by atoms with Gasteiger partial charge in [0.15, 0.2) is 0 Å². The smallest absolute Gasteiger partial charge is 0.258 e. The molecule has 2 aromatic rings. The number of hydrogen-bond donors (Lipinski definition) is 1. The van der Waals surface area contributed by atoms with Crippen molar-refractivity contribution in [3.8, 4) is 0 Å². The van der Waals surface area contributed by atoms with Gasteiger partial charge in [-0.1, -0.05) is 5.16 Å². The lowest BCUT2D eigenvalue weighted by Crippen LogP contribution is -1.99. The first-order valence-corrected chi connectivity index (χ1v) is 4.15. The molecule has 0 bridgehead atoms. The van der Waals surface area contributed by atoms with Gasteiger partial charge in [-0.3, -0.25) is 0 Å². The fourth-order valence-electron chi connectivity index (χ4n) is 1.48. The summed E-state index contributed by atoms with van der Waals surface area (Å²) in [5, 5.41) is 4.80. The number of nitrogens with two attached hydrogens (primary N) is 1. The Bertz CT molecular complexity index is 447. The number of pyridine rings is 1. The molecule has 2 N–H and O–H groups in total. The van der Waals surface area contributed by atoms with Gasteiger partial charge < -0.3 is 10.3 Å². The standard InChI is InChI=1S/C9H11N3O/c1-5-3-7(4-10)8-6(2)12-13-9(8)11-5/h3H,4,10H2,1-2H3. The second-order valence-electron chi connectivity index (χ2n) is 3.08. The lowest BCUT2D eigenvalue weighted by atomic mass is 10.1. The van der Waals surface area contributed by atoms with E-state index >= 15 is 0 Å². The summed E-state index contributed by atoms with van der Waals surface area (Å²) in [6, 6.07) is 1.96. The molecule has 0 spiro atoms. The maximum Gasteiger partial charge on any atom is 0.258 e. The summed E-state index contributed by atoms with van der Waals surface area (Å²) < 4.78 is 5.06. The molecule has 0 aromatic carbocycles. The van der Waals surface area contributed by atoms with E-state index in [9.17, 15) is 0 Å². The third-order valence-corrected chi connectivity index (χ3v) is 2.05. The Hall–Kier alpha value is -1.42. The van der Waals surface area contributed by atoms with E-state index in [2.05, 4.69) is 10.1 Å². The molecule has 0 radical (unpaired) electrons. The van der Waals surface area contributed by atoms with Gasteiger partial charge >= 0.3 is 0 Å². The van der Waals surface area contributed by atoms with E-state index < -0.39 is 0 Å². The molecule has 13 heavy (non-hydrogen) atoms. The zero-order chi connectivity index (χ0) is 9.42. The van der Waals surface area contributed by atoms with Gasteiger partial charge in [0, 0.05) is 12.2 Å². The lowest BCUT2D eigenvalue weighted by molar-refractivity contribution is 0.442. The van der Waals surface area contributed by atoms with Gasteiger partial charge in [-0.2, -0.15) is 0 Å². The van der Waals surface area contributed by atoms with Crippen molar-refractivity contribution in [2.75, 3.05) is 0 Å². The van der Waals surface area contributed by atoms with Crippen LogP contribution in [0.3, 0.4) is 0 Å². The van der Waals surface area contributed by atoms with Gasteiger partial charge in [-0.25, -0.2) is 4.98 Å². The molecule has 4 heteroatoms. The van der Waals surface area contributed by atoms with Crippen molar-refractivity contribution in [1.29, 1.82) is 0 Å². The highest BCUT2D eigenvalue weighted by molar-refractivity contribution is 5.79. The summed E-state index contributed by atoms with van der Waals surface area (Å²) in [6.07, 6.45) is 0. The van der Waals surface area contributed by atoms with Crippen molar-refractivity contribution in [1.82, 2.24) is 10.1 Å². The van der Waals surface area contributed by atoms with Gasteiger partial charge in [0.25, 0.3) is 5.71 Å². The number of nitrogens with zero attached hydrogens (tertiary/aromatic N) is 2. The number of rotatable bonds is 1. The average Bonchev–Trinajstić information content (AvgIpc) is 2.46. The van der Waals surface area contributed by atoms with Crippen LogP contribution < -0.4 is 5.73 Å². The molecule has 2 rings (SSSR count). The largest absolute Gasteiger partial charge is 0.336 e. The van der Waals surface area contributed by atoms with E-state index in [0.29, 0.717) is 12.3 Å². The van der Waals surface area contributed by atoms with Crippen LogP contribution in [-0.2, 0) is 6.54 Å². The second-order valence-corrected chi connectivity index (χ2v) is 3.08. The molecule has 0 amide bonds. The molecule has 68 valence electrons. The summed E-state index contributed by atoms with van der Waals surface area (Å²) in [6.45, 7) is 4.29. The van der Waals surface area contributed by atoms with E-state index in [1.54, 1.807) is 0 Å². The van der Waals surface area contributed by atoms with Crippen molar-refractivity contribution in [3.05, 3.63) is 23.0 Å². The van der Waals surface area contributed by atoms with Crippen LogP contribution in [0, 0.1) is 13.8 Å². The van der Waals surface area contributed by atoms with Gasteiger partial charge in [0.2, 0.25) is 0 Å². The Morgan fingerprint density at radius 3 is 2.92 bits per heavy atom. The van der Waals surface area contributed by atoms with Gasteiger partial charge in [0.05, 0.1) is 11.1 Å².